The van der Waals surface area contributed by atoms with E-state index in [1.807, 2.05) is 28.8 Å². The molecule has 0 amide bonds. The van der Waals surface area contributed by atoms with E-state index in [2.05, 4.69) is 12.0 Å². The molecule has 0 radical (unpaired) electrons. The first-order chi connectivity index (χ1) is 15.2. The lowest BCUT2D eigenvalue weighted by molar-refractivity contribution is -0.136. The quantitative estimate of drug-likeness (QED) is 0.190. The molecular weight excluding hydrogens is 410 g/mol. The van der Waals surface area contributed by atoms with Crippen LogP contribution in [0.5, 0.6) is 5.88 Å². The van der Waals surface area contributed by atoms with Gasteiger partial charge >= 0.3 is 5.97 Å². The monoisotopic (exact) mass is 445 g/mol. The number of H-pyrrole nitrogens is 1. The zero-order chi connectivity index (χ0) is 21.9. The zero-order valence-electron chi connectivity index (χ0n) is 18.6. The van der Waals surface area contributed by atoms with Gasteiger partial charge in [0.15, 0.2) is 5.65 Å². The van der Waals surface area contributed by atoms with Crippen LogP contribution < -0.4 is 4.74 Å². The number of ether oxygens (including phenoxy) is 1. The molecular formula is C24H35N3O3S. The third-order valence-electron chi connectivity index (χ3n) is 5.49. The van der Waals surface area contributed by atoms with Gasteiger partial charge in [-0.2, -0.15) is 0 Å². The molecule has 0 aliphatic heterocycles. The van der Waals surface area contributed by atoms with Gasteiger partial charge in [-0.15, -0.1) is 11.8 Å². The highest BCUT2D eigenvalue weighted by Crippen LogP contribution is 2.35. The zero-order valence-corrected chi connectivity index (χ0v) is 19.4. The van der Waals surface area contributed by atoms with Crippen LogP contribution in [0, 0.1) is 0 Å². The molecule has 0 saturated heterocycles. The summed E-state index contributed by atoms with van der Waals surface area (Å²) < 4.78 is 8.01. The summed E-state index contributed by atoms with van der Waals surface area (Å²) >= 11 is 1.49. The minimum absolute atomic E-state index is 0.111. The van der Waals surface area contributed by atoms with Crippen LogP contribution in [0.1, 0.15) is 77.6 Å². The van der Waals surface area contributed by atoms with E-state index in [9.17, 15) is 4.79 Å². The van der Waals surface area contributed by atoms with E-state index >= 15 is 0 Å². The number of unbranched alkanes of at least 4 members (excludes halogenated alkanes) is 9. The molecule has 0 unspecified atom stereocenters. The van der Waals surface area contributed by atoms with Crippen molar-refractivity contribution in [2.24, 2.45) is 0 Å². The minimum Gasteiger partial charge on any atom is -0.481 e. The summed E-state index contributed by atoms with van der Waals surface area (Å²) in [6.07, 6.45) is 13.0. The molecule has 2 N–H and O–H groups in total. The lowest BCUT2D eigenvalue weighted by atomic mass is 10.1. The number of imidazole rings is 1. The first-order valence-corrected chi connectivity index (χ1v) is 12.7. The molecule has 0 fully saturated rings. The highest BCUT2D eigenvalue weighted by molar-refractivity contribution is 7.99. The summed E-state index contributed by atoms with van der Waals surface area (Å²) in [4.78, 5) is 16.5. The number of carbonyl (C=O) groups is 1. The predicted molar refractivity (Wildman–Crippen MR) is 127 cm³/mol. The number of fused-ring (bicyclic) bond motifs is 3. The van der Waals surface area contributed by atoms with Crippen LogP contribution in [0.15, 0.2) is 29.2 Å². The second-order valence-electron chi connectivity index (χ2n) is 8.05. The fourth-order valence-electron chi connectivity index (χ4n) is 3.78. The molecule has 1 aromatic carbocycles. The Morgan fingerprint density at radius 3 is 2.45 bits per heavy atom. The van der Waals surface area contributed by atoms with Gasteiger partial charge in [-0.05, 0) is 18.6 Å². The molecule has 0 bridgehead atoms. The van der Waals surface area contributed by atoms with E-state index in [1.165, 1.54) is 69.5 Å². The fourth-order valence-corrected chi connectivity index (χ4v) is 4.76. The van der Waals surface area contributed by atoms with Gasteiger partial charge in [0.25, 0.3) is 0 Å². The lowest BCUT2D eigenvalue weighted by Gasteiger charge is -2.06. The number of thioether (sulfide) groups is 1. The van der Waals surface area contributed by atoms with Crippen LogP contribution in [-0.4, -0.2) is 38.0 Å². The Morgan fingerprint density at radius 2 is 1.74 bits per heavy atom. The van der Waals surface area contributed by atoms with E-state index in [4.69, 9.17) is 14.8 Å². The molecule has 3 rings (SSSR count). The van der Waals surface area contributed by atoms with Gasteiger partial charge < -0.3 is 9.84 Å². The Labute approximate surface area is 188 Å². The van der Waals surface area contributed by atoms with Gasteiger partial charge in [-0.25, -0.2) is 9.50 Å². The number of benzene rings is 1. The van der Waals surface area contributed by atoms with Crippen LogP contribution in [0.3, 0.4) is 0 Å². The van der Waals surface area contributed by atoms with Crippen molar-refractivity contribution < 1.29 is 14.6 Å². The molecule has 2 aromatic heterocycles. The second kappa shape index (κ2) is 12.6. The maximum Gasteiger partial charge on any atom is 0.304 e. The first kappa shape index (κ1) is 23.5. The third-order valence-corrected chi connectivity index (χ3v) is 6.55. The SMILES string of the molecule is CCCCCCCCCCCCOc1[nH]n2c(nc3ccccc32)c1SCCC(=O)O. The van der Waals surface area contributed by atoms with Gasteiger partial charge in [0, 0.05) is 5.75 Å². The number of aromatic nitrogens is 3. The molecule has 6 nitrogen and oxygen atoms in total. The summed E-state index contributed by atoms with van der Waals surface area (Å²) in [5.41, 5.74) is 2.70. The van der Waals surface area contributed by atoms with Crippen molar-refractivity contribution in [3.05, 3.63) is 24.3 Å². The third kappa shape index (κ3) is 6.92. The van der Waals surface area contributed by atoms with E-state index in [1.54, 1.807) is 0 Å². The molecule has 31 heavy (non-hydrogen) atoms. The molecule has 0 saturated carbocycles. The number of nitrogens with zero attached hydrogens (tertiary/aromatic N) is 2. The molecule has 2 heterocycles. The molecule has 0 aliphatic carbocycles. The van der Waals surface area contributed by atoms with Gasteiger partial charge in [0.2, 0.25) is 5.88 Å². The maximum atomic E-state index is 10.9. The van der Waals surface area contributed by atoms with Crippen molar-refractivity contribution in [2.75, 3.05) is 12.4 Å². The smallest absolute Gasteiger partial charge is 0.304 e. The Kier molecular flexibility index (Phi) is 9.59. The summed E-state index contributed by atoms with van der Waals surface area (Å²) in [5.74, 6) is 0.390. The van der Waals surface area contributed by atoms with Crippen molar-refractivity contribution in [1.82, 2.24) is 14.6 Å². The largest absolute Gasteiger partial charge is 0.481 e. The van der Waals surface area contributed by atoms with Crippen molar-refractivity contribution >= 4 is 34.4 Å². The molecule has 170 valence electrons. The Balaban J connectivity index is 1.49. The van der Waals surface area contributed by atoms with Crippen LogP contribution in [0.2, 0.25) is 0 Å². The lowest BCUT2D eigenvalue weighted by Crippen LogP contribution is -2.00. The summed E-state index contributed by atoms with van der Waals surface area (Å²) in [6.45, 7) is 2.91. The topological polar surface area (TPSA) is 79.6 Å². The Morgan fingerprint density at radius 1 is 1.06 bits per heavy atom. The summed E-state index contributed by atoms with van der Waals surface area (Å²) in [7, 11) is 0. The standard InChI is InChI=1S/C24H35N3O3S/c1-2-3-4-5-6-7-8-9-10-13-17-30-24-22(31-18-16-21(28)29)23-25-19-14-11-12-15-20(19)27(23)26-24/h11-12,14-15,26H,2-10,13,16-18H2,1H3,(H,28,29). The Bertz CT molecular complexity index is 950. The van der Waals surface area contributed by atoms with Crippen LogP contribution in [0.25, 0.3) is 16.7 Å². The van der Waals surface area contributed by atoms with E-state index in [0.717, 1.165) is 28.0 Å². The van der Waals surface area contributed by atoms with Gasteiger partial charge in [-0.1, -0.05) is 76.8 Å². The first-order valence-electron chi connectivity index (χ1n) is 11.7. The van der Waals surface area contributed by atoms with E-state index in [0.29, 0.717) is 18.2 Å². The second-order valence-corrected chi connectivity index (χ2v) is 9.16. The number of carboxylic acid groups (broad SMARTS) is 1. The van der Waals surface area contributed by atoms with E-state index < -0.39 is 5.97 Å². The average molecular weight is 446 g/mol. The van der Waals surface area contributed by atoms with Crippen molar-refractivity contribution in [1.29, 1.82) is 0 Å². The Hall–Kier alpha value is -2.15. The molecule has 3 aromatic rings. The number of nitrogens with one attached hydrogen (secondary N) is 1. The average Bonchev–Trinajstić information content (AvgIpc) is 3.28. The van der Waals surface area contributed by atoms with Crippen LogP contribution >= 0.6 is 11.8 Å². The molecule has 0 atom stereocenters. The number of aliphatic carboxylic acids is 1. The van der Waals surface area contributed by atoms with Crippen molar-refractivity contribution in [3.8, 4) is 5.88 Å². The highest BCUT2D eigenvalue weighted by atomic mass is 32.2. The molecule has 7 heteroatoms. The maximum absolute atomic E-state index is 10.9. The van der Waals surface area contributed by atoms with Crippen molar-refractivity contribution in [3.63, 3.8) is 0 Å². The summed E-state index contributed by atoms with van der Waals surface area (Å²) in [6, 6.07) is 7.95. The number of hydrogen-bond donors (Lipinski definition) is 2. The van der Waals surface area contributed by atoms with Crippen LogP contribution in [0.4, 0.5) is 0 Å². The molecule has 0 spiro atoms. The number of hydrogen-bond acceptors (Lipinski definition) is 4. The van der Waals surface area contributed by atoms with Gasteiger partial charge in [0.1, 0.15) is 4.90 Å². The molecule has 0 aliphatic rings. The number of carboxylic acids is 1. The number of rotatable bonds is 16. The normalized spacial score (nSPS) is 11.5. The summed E-state index contributed by atoms with van der Waals surface area (Å²) in [5, 5.41) is 12.3. The number of para-hydroxylation sites is 2. The van der Waals surface area contributed by atoms with Crippen molar-refractivity contribution in [2.45, 2.75) is 82.4 Å². The minimum atomic E-state index is -0.791. The number of aromatic amines is 1. The highest BCUT2D eigenvalue weighted by Gasteiger charge is 2.18. The van der Waals surface area contributed by atoms with Gasteiger partial charge in [0.05, 0.1) is 24.1 Å². The predicted octanol–water partition coefficient (Wildman–Crippen LogP) is 6.68. The van der Waals surface area contributed by atoms with E-state index in [-0.39, 0.29) is 6.42 Å². The fraction of sp³-hybridized carbons (Fsp3) is 0.583. The van der Waals surface area contributed by atoms with Gasteiger partial charge in [-0.3, -0.25) is 9.89 Å². The van der Waals surface area contributed by atoms with Crippen LogP contribution in [-0.2, 0) is 4.79 Å².